The maximum atomic E-state index is 13.2. The van der Waals surface area contributed by atoms with Gasteiger partial charge in [-0.2, -0.15) is 9.78 Å². The number of nitrogens with one attached hydrogen (secondary N) is 1. The zero-order valence-electron chi connectivity index (χ0n) is 16.5. The molecule has 0 saturated carbocycles. The number of benzene rings is 1. The summed E-state index contributed by atoms with van der Waals surface area (Å²) in [5.74, 6) is -0.0321. The van der Waals surface area contributed by atoms with Crippen LogP contribution in [0.25, 0.3) is 16.5 Å². The van der Waals surface area contributed by atoms with E-state index in [1.165, 1.54) is 4.68 Å². The molecule has 0 radical (unpaired) electrons. The van der Waals surface area contributed by atoms with E-state index in [0.29, 0.717) is 11.8 Å². The Morgan fingerprint density at radius 2 is 1.81 bits per heavy atom. The molecular weight excluding hydrogens is 340 g/mol. The maximum absolute atomic E-state index is 13.2. The molecule has 1 N–H and O–H groups in total. The summed E-state index contributed by atoms with van der Waals surface area (Å²) in [6, 6.07) is 9.06. The average molecular weight is 366 g/mol. The van der Waals surface area contributed by atoms with Crippen LogP contribution in [0.1, 0.15) is 44.6 Å². The summed E-state index contributed by atoms with van der Waals surface area (Å²) in [5, 5.41) is 8.75. The lowest BCUT2D eigenvalue weighted by atomic mass is 10.1. The molecule has 2 heterocycles. The molecule has 6 nitrogen and oxygen atoms in total. The van der Waals surface area contributed by atoms with Crippen LogP contribution in [-0.2, 0) is 4.79 Å². The van der Waals surface area contributed by atoms with Gasteiger partial charge in [0, 0.05) is 22.8 Å². The molecule has 0 spiro atoms. The smallest absolute Gasteiger partial charge is 0.281 e. The van der Waals surface area contributed by atoms with Gasteiger partial charge in [0.05, 0.1) is 17.3 Å². The summed E-state index contributed by atoms with van der Waals surface area (Å²) in [6.07, 6.45) is 2.36. The molecule has 0 fully saturated rings. The second-order valence-corrected chi connectivity index (χ2v) is 7.11. The van der Waals surface area contributed by atoms with Crippen molar-refractivity contribution in [3.8, 4) is 5.69 Å². The van der Waals surface area contributed by atoms with Crippen molar-refractivity contribution in [2.24, 2.45) is 0 Å². The summed E-state index contributed by atoms with van der Waals surface area (Å²) in [7, 11) is 0. The summed E-state index contributed by atoms with van der Waals surface area (Å²) in [5.41, 5.74) is 2.24. The van der Waals surface area contributed by atoms with E-state index in [1.807, 2.05) is 69.5 Å². The van der Waals surface area contributed by atoms with Crippen LogP contribution in [0, 0.1) is 13.8 Å². The van der Waals surface area contributed by atoms with Gasteiger partial charge in [-0.05, 0) is 46.2 Å². The topological polar surface area (TPSA) is 68.9 Å². The number of aromatic nitrogens is 3. The van der Waals surface area contributed by atoms with Crippen molar-refractivity contribution in [2.45, 2.75) is 53.1 Å². The molecule has 142 valence electrons. The van der Waals surface area contributed by atoms with Gasteiger partial charge in [-0.15, -0.1) is 0 Å². The van der Waals surface area contributed by atoms with Crippen molar-refractivity contribution in [3.63, 3.8) is 0 Å². The number of para-hydroxylation sites is 1. The van der Waals surface area contributed by atoms with E-state index in [2.05, 4.69) is 10.4 Å². The van der Waals surface area contributed by atoms with E-state index in [4.69, 9.17) is 0 Å². The van der Waals surface area contributed by atoms with Gasteiger partial charge in [0.2, 0.25) is 5.91 Å². The highest BCUT2D eigenvalue weighted by Gasteiger charge is 2.25. The van der Waals surface area contributed by atoms with Crippen molar-refractivity contribution in [1.29, 1.82) is 0 Å². The number of carbonyl (C=O) groups is 1. The average Bonchev–Trinajstić information content (AvgIpc) is 2.88. The summed E-state index contributed by atoms with van der Waals surface area (Å²) in [4.78, 5) is 25.9. The molecule has 6 heteroatoms. The summed E-state index contributed by atoms with van der Waals surface area (Å²) >= 11 is 0. The molecule has 0 aliphatic carbocycles. The number of amides is 1. The Hall–Kier alpha value is -2.89. The number of rotatable bonds is 5. The van der Waals surface area contributed by atoms with Crippen LogP contribution in [0.5, 0.6) is 0 Å². The van der Waals surface area contributed by atoms with Crippen molar-refractivity contribution < 1.29 is 4.79 Å². The second kappa shape index (κ2) is 7.39. The number of hydrogen-bond acceptors (Lipinski definition) is 3. The molecule has 0 aliphatic heterocycles. The van der Waals surface area contributed by atoms with Crippen LogP contribution in [0.3, 0.4) is 0 Å². The van der Waals surface area contributed by atoms with Crippen LogP contribution >= 0.6 is 0 Å². The molecule has 1 atom stereocenters. The molecular formula is C21H26N4O2. The minimum atomic E-state index is -0.357. The third-order valence-corrected chi connectivity index (χ3v) is 4.88. The predicted octanol–water partition coefficient (Wildman–Crippen LogP) is 3.28. The van der Waals surface area contributed by atoms with Crippen molar-refractivity contribution in [2.75, 3.05) is 0 Å². The third kappa shape index (κ3) is 3.27. The molecule has 0 saturated heterocycles. The Labute approximate surface area is 158 Å². The van der Waals surface area contributed by atoms with Crippen LogP contribution < -0.4 is 10.9 Å². The fourth-order valence-corrected chi connectivity index (χ4v) is 3.67. The lowest BCUT2D eigenvalue weighted by molar-refractivity contribution is -0.125. The Kier molecular flexibility index (Phi) is 5.17. The SMILES string of the molecule is CC[C@@H](C(=O)NC(C)C)n1c(C)c2cnn(-c3ccccc3)c(=O)c2c1C. The van der Waals surface area contributed by atoms with Gasteiger partial charge in [0.15, 0.2) is 0 Å². The van der Waals surface area contributed by atoms with Gasteiger partial charge in [0.1, 0.15) is 6.04 Å². The number of aryl methyl sites for hydroxylation is 2. The highest BCUT2D eigenvalue weighted by atomic mass is 16.2. The van der Waals surface area contributed by atoms with Crippen molar-refractivity contribution >= 4 is 16.7 Å². The van der Waals surface area contributed by atoms with E-state index < -0.39 is 0 Å². The van der Waals surface area contributed by atoms with Crippen LogP contribution in [0.2, 0.25) is 0 Å². The fraction of sp³-hybridized carbons (Fsp3) is 0.381. The standard InChI is InChI=1S/C21H26N4O2/c1-6-18(20(26)23-13(2)3)24-14(4)17-12-22-25(16-10-8-7-9-11-16)21(27)19(17)15(24)5/h7-13,18H,6H2,1-5H3,(H,23,26)/t18-/m0/s1. The molecule has 0 aliphatic rings. The minimum Gasteiger partial charge on any atom is -0.352 e. The van der Waals surface area contributed by atoms with Gasteiger partial charge in [-0.1, -0.05) is 25.1 Å². The zero-order valence-corrected chi connectivity index (χ0v) is 16.5. The zero-order chi connectivity index (χ0) is 19.7. The second-order valence-electron chi connectivity index (χ2n) is 7.11. The van der Waals surface area contributed by atoms with E-state index in [0.717, 1.165) is 22.5 Å². The Morgan fingerprint density at radius 3 is 2.41 bits per heavy atom. The van der Waals surface area contributed by atoms with Crippen LogP contribution in [-0.4, -0.2) is 26.3 Å². The first-order chi connectivity index (χ1) is 12.9. The van der Waals surface area contributed by atoms with E-state index >= 15 is 0 Å². The summed E-state index contributed by atoms with van der Waals surface area (Å²) < 4.78 is 3.38. The highest BCUT2D eigenvalue weighted by molar-refractivity contribution is 5.89. The molecule has 27 heavy (non-hydrogen) atoms. The number of carbonyl (C=O) groups excluding carboxylic acids is 1. The highest BCUT2D eigenvalue weighted by Crippen LogP contribution is 2.28. The minimum absolute atomic E-state index is 0.0321. The Morgan fingerprint density at radius 1 is 1.15 bits per heavy atom. The van der Waals surface area contributed by atoms with Gasteiger partial charge < -0.3 is 9.88 Å². The van der Waals surface area contributed by atoms with Gasteiger partial charge in [0.25, 0.3) is 5.56 Å². The van der Waals surface area contributed by atoms with Crippen LogP contribution in [0.15, 0.2) is 41.3 Å². The molecule has 2 aromatic heterocycles. The monoisotopic (exact) mass is 366 g/mol. The Bertz CT molecular complexity index is 1030. The first kappa shape index (κ1) is 18.9. The van der Waals surface area contributed by atoms with Crippen LogP contribution in [0.4, 0.5) is 0 Å². The van der Waals surface area contributed by atoms with Gasteiger partial charge in [-0.3, -0.25) is 9.59 Å². The molecule has 3 rings (SSSR count). The van der Waals surface area contributed by atoms with Gasteiger partial charge >= 0.3 is 0 Å². The summed E-state index contributed by atoms with van der Waals surface area (Å²) in [6.45, 7) is 9.71. The van der Waals surface area contributed by atoms with Crippen molar-refractivity contribution in [1.82, 2.24) is 19.7 Å². The number of hydrogen-bond donors (Lipinski definition) is 1. The lowest BCUT2D eigenvalue weighted by Gasteiger charge is -2.22. The molecule has 1 amide bonds. The largest absolute Gasteiger partial charge is 0.352 e. The first-order valence-corrected chi connectivity index (χ1v) is 9.32. The molecule has 1 aromatic carbocycles. The maximum Gasteiger partial charge on any atom is 0.281 e. The normalized spacial score (nSPS) is 12.5. The van der Waals surface area contributed by atoms with E-state index in [-0.39, 0.29) is 23.6 Å². The number of fused-ring (bicyclic) bond motifs is 1. The fourth-order valence-electron chi connectivity index (χ4n) is 3.67. The third-order valence-electron chi connectivity index (χ3n) is 4.88. The van der Waals surface area contributed by atoms with Gasteiger partial charge in [-0.25, -0.2) is 0 Å². The van der Waals surface area contributed by atoms with Crippen molar-refractivity contribution in [3.05, 3.63) is 58.3 Å². The van der Waals surface area contributed by atoms with E-state index in [9.17, 15) is 9.59 Å². The molecule has 0 bridgehead atoms. The molecule has 0 unspecified atom stereocenters. The lowest BCUT2D eigenvalue weighted by Crippen LogP contribution is -2.37. The van der Waals surface area contributed by atoms with E-state index in [1.54, 1.807) is 6.20 Å². The Balaban J connectivity index is 2.21. The number of nitrogens with zero attached hydrogens (tertiary/aromatic N) is 3. The first-order valence-electron chi connectivity index (χ1n) is 9.32. The molecule has 3 aromatic rings. The quantitative estimate of drug-likeness (QED) is 0.753. The predicted molar refractivity (Wildman–Crippen MR) is 107 cm³/mol.